The number of hydrogen-bond acceptors (Lipinski definition) is 4. The lowest BCUT2D eigenvalue weighted by atomic mass is 10.5. The monoisotopic (exact) mass is 166 g/mol. The van der Waals surface area contributed by atoms with E-state index in [1.807, 2.05) is 0 Å². The van der Waals surface area contributed by atoms with Crippen molar-refractivity contribution in [2.24, 2.45) is 0 Å². The van der Waals surface area contributed by atoms with Crippen LogP contribution in [-0.4, -0.2) is 0 Å². The summed E-state index contributed by atoms with van der Waals surface area (Å²) in [5.74, 6) is 0. The lowest BCUT2D eigenvalue weighted by Crippen LogP contribution is -2.60. The van der Waals surface area contributed by atoms with Gasteiger partial charge in [-0.1, -0.05) is 16.4 Å². The van der Waals surface area contributed by atoms with Gasteiger partial charge in [-0.2, -0.15) is 14.0 Å². The van der Waals surface area contributed by atoms with Crippen LogP contribution in [0.4, 0.5) is 0 Å². The standard InChI is InChI=1S/C5H7ClO4/c1-2-3-4-5-10-6(7,8)9/h2-5H,1H3/b3-2+,5-4+. The molecule has 0 spiro atoms. The van der Waals surface area contributed by atoms with E-state index in [0.717, 1.165) is 6.26 Å². The average Bonchev–Trinajstić information content (AvgIpc) is 1.78. The molecule has 0 unspecified atom stereocenters. The molecule has 10 heavy (non-hydrogen) atoms. The van der Waals surface area contributed by atoms with Crippen LogP contribution in [0.3, 0.4) is 0 Å². The summed E-state index contributed by atoms with van der Waals surface area (Å²) in [5.41, 5.74) is 0. The molecule has 4 nitrogen and oxygen atoms in total. The molecule has 0 saturated carbocycles. The molecule has 0 aromatic carbocycles. The summed E-state index contributed by atoms with van der Waals surface area (Å²) in [5, 5.41) is 0. The Labute approximate surface area is 60.8 Å². The molecule has 0 aliphatic rings. The quantitative estimate of drug-likeness (QED) is 0.359. The van der Waals surface area contributed by atoms with E-state index in [1.54, 1.807) is 13.0 Å². The molecule has 0 heterocycles. The van der Waals surface area contributed by atoms with Crippen LogP contribution in [0.25, 0.3) is 0 Å². The highest BCUT2D eigenvalue weighted by atomic mass is 35.7. The maximum Gasteiger partial charge on any atom is 0.252 e. The molecule has 0 atom stereocenters. The van der Waals surface area contributed by atoms with E-state index in [2.05, 4.69) is 4.29 Å². The first-order chi connectivity index (χ1) is 4.56. The van der Waals surface area contributed by atoms with Crippen molar-refractivity contribution in [1.29, 1.82) is 0 Å². The van der Waals surface area contributed by atoms with Crippen molar-refractivity contribution in [1.82, 2.24) is 0 Å². The van der Waals surface area contributed by atoms with Crippen LogP contribution in [0.1, 0.15) is 6.92 Å². The molecule has 0 amide bonds. The lowest BCUT2D eigenvalue weighted by molar-refractivity contribution is -1.92. The van der Waals surface area contributed by atoms with Crippen LogP contribution in [0, 0.1) is 10.2 Å². The second kappa shape index (κ2) is 4.29. The van der Waals surface area contributed by atoms with Gasteiger partial charge >= 0.3 is 0 Å². The first-order valence-corrected chi connectivity index (χ1v) is 3.66. The Morgan fingerprint density at radius 1 is 1.20 bits per heavy atom. The SMILES string of the molecule is C/C=C/C=C/O[Cl+3]([O-])([O-])[O-]. The van der Waals surface area contributed by atoms with E-state index in [9.17, 15) is 14.0 Å². The zero-order chi connectivity index (χ0) is 8.04. The highest BCUT2D eigenvalue weighted by molar-refractivity contribution is 4.97. The number of halogens is 1. The third-order valence-electron chi connectivity index (χ3n) is 0.543. The van der Waals surface area contributed by atoms with Crippen molar-refractivity contribution >= 4 is 0 Å². The van der Waals surface area contributed by atoms with Crippen molar-refractivity contribution in [2.45, 2.75) is 6.92 Å². The minimum Gasteiger partial charge on any atom is -0.167 e. The Morgan fingerprint density at radius 2 is 1.80 bits per heavy atom. The molecule has 0 aromatic rings. The molecule has 5 heteroatoms. The van der Waals surface area contributed by atoms with Crippen LogP contribution in [-0.2, 0) is 4.29 Å². The van der Waals surface area contributed by atoms with Gasteiger partial charge in [-0.3, -0.25) is 0 Å². The Balaban J connectivity index is 3.54. The van der Waals surface area contributed by atoms with Crippen molar-refractivity contribution in [3.8, 4) is 0 Å². The van der Waals surface area contributed by atoms with Crippen molar-refractivity contribution in [3.05, 3.63) is 24.5 Å². The third-order valence-corrected chi connectivity index (χ3v) is 0.864. The second-order valence-corrected chi connectivity index (χ2v) is 2.26. The van der Waals surface area contributed by atoms with Crippen LogP contribution >= 0.6 is 0 Å². The van der Waals surface area contributed by atoms with Gasteiger partial charge in [0.25, 0.3) is 6.26 Å². The molecule has 0 bridgehead atoms. The molecule has 0 rings (SSSR count). The fourth-order valence-electron chi connectivity index (χ4n) is 0.249. The average molecular weight is 167 g/mol. The molecule has 0 fully saturated rings. The Kier molecular flexibility index (Phi) is 4.06. The third kappa shape index (κ3) is 7.45. The van der Waals surface area contributed by atoms with Gasteiger partial charge in [0, 0.05) is 0 Å². The summed E-state index contributed by atoms with van der Waals surface area (Å²) in [6.45, 7) is 1.74. The maximum atomic E-state index is 9.71. The van der Waals surface area contributed by atoms with E-state index in [-0.39, 0.29) is 0 Å². The minimum atomic E-state index is -4.32. The minimum absolute atomic E-state index is 0.796. The van der Waals surface area contributed by atoms with Crippen molar-refractivity contribution in [3.63, 3.8) is 0 Å². The van der Waals surface area contributed by atoms with Crippen LogP contribution in [0.5, 0.6) is 0 Å². The predicted octanol–water partition coefficient (Wildman–Crippen LogP) is -2.01. The molecule has 58 valence electrons. The highest BCUT2D eigenvalue weighted by Gasteiger charge is 2.11. The summed E-state index contributed by atoms with van der Waals surface area (Å²) in [7, 11) is -4.32. The van der Waals surface area contributed by atoms with Crippen molar-refractivity contribution < 1.29 is 28.5 Å². The molecule has 0 N–H and O–H groups in total. The summed E-state index contributed by atoms with van der Waals surface area (Å²) < 4.78 is 32.8. The first-order valence-electron chi connectivity index (χ1n) is 2.43. The maximum absolute atomic E-state index is 9.71. The molecular formula is C5H7ClO4. The Bertz CT molecular complexity index is 135. The zero-order valence-corrected chi connectivity index (χ0v) is 6.08. The predicted molar refractivity (Wildman–Crippen MR) is 25.0 cm³/mol. The molecule has 0 radical (unpaired) electrons. The number of allylic oxidation sites excluding steroid dienone is 3. The van der Waals surface area contributed by atoms with Gasteiger partial charge in [0.2, 0.25) is 0 Å². The van der Waals surface area contributed by atoms with E-state index in [4.69, 9.17) is 0 Å². The molecule has 0 aliphatic heterocycles. The summed E-state index contributed by atoms with van der Waals surface area (Å²) in [6.07, 6.45) is 5.28. The van der Waals surface area contributed by atoms with Crippen LogP contribution in [0.2, 0.25) is 0 Å². The van der Waals surface area contributed by atoms with E-state index in [1.165, 1.54) is 12.2 Å². The van der Waals surface area contributed by atoms with E-state index in [0.29, 0.717) is 0 Å². The van der Waals surface area contributed by atoms with Crippen LogP contribution < -0.4 is 14.0 Å². The Hall–Kier alpha value is -0.550. The van der Waals surface area contributed by atoms with Gasteiger partial charge in [-0.15, -0.1) is 0 Å². The van der Waals surface area contributed by atoms with Crippen LogP contribution in [0.15, 0.2) is 24.5 Å². The van der Waals surface area contributed by atoms with Gasteiger partial charge < -0.3 is 0 Å². The zero-order valence-electron chi connectivity index (χ0n) is 5.32. The number of hydrogen-bond donors (Lipinski definition) is 0. The van der Waals surface area contributed by atoms with E-state index < -0.39 is 10.2 Å². The Morgan fingerprint density at radius 3 is 2.20 bits per heavy atom. The summed E-state index contributed by atoms with van der Waals surface area (Å²) >= 11 is 0. The molecule has 0 aromatic heterocycles. The first kappa shape index (κ1) is 9.45. The highest BCUT2D eigenvalue weighted by Crippen LogP contribution is 1.88. The van der Waals surface area contributed by atoms with Gasteiger partial charge in [0.1, 0.15) is 10.2 Å². The van der Waals surface area contributed by atoms with E-state index >= 15 is 0 Å². The molecular weight excluding hydrogens is 160 g/mol. The lowest BCUT2D eigenvalue weighted by Gasteiger charge is -2.08. The van der Waals surface area contributed by atoms with Crippen molar-refractivity contribution in [2.75, 3.05) is 0 Å². The fraction of sp³-hybridized carbons (Fsp3) is 0.200. The second-order valence-electron chi connectivity index (χ2n) is 1.32. The van der Waals surface area contributed by atoms with Gasteiger partial charge in [-0.05, 0) is 13.0 Å². The number of rotatable bonds is 3. The molecule has 0 saturated heterocycles. The molecule has 0 aliphatic carbocycles. The topological polar surface area (TPSA) is 78.4 Å². The largest absolute Gasteiger partial charge is 0.252 e. The normalized spacial score (nSPS) is 13.2. The summed E-state index contributed by atoms with van der Waals surface area (Å²) in [6, 6.07) is 0. The smallest absolute Gasteiger partial charge is 0.167 e. The van der Waals surface area contributed by atoms with Gasteiger partial charge in [0.15, 0.2) is 0 Å². The van der Waals surface area contributed by atoms with Gasteiger partial charge in [-0.25, -0.2) is 0 Å². The van der Waals surface area contributed by atoms with Gasteiger partial charge in [0.05, 0.1) is 0 Å². The summed E-state index contributed by atoms with van der Waals surface area (Å²) in [4.78, 5) is 0. The fourth-order valence-corrected chi connectivity index (χ4v) is 0.435.